The zero-order chi connectivity index (χ0) is 13.2. The molecule has 4 nitrogen and oxygen atoms in total. The van der Waals surface area contributed by atoms with Crippen molar-refractivity contribution in [1.29, 1.82) is 0 Å². The van der Waals surface area contributed by atoms with Gasteiger partial charge in [-0.3, -0.25) is 4.98 Å². The molecular formula is C14H22N4. The van der Waals surface area contributed by atoms with Crippen LogP contribution in [0.3, 0.4) is 0 Å². The van der Waals surface area contributed by atoms with Gasteiger partial charge in [0.25, 0.3) is 0 Å². The highest BCUT2D eigenvalue weighted by atomic mass is 15.1. The van der Waals surface area contributed by atoms with Crippen LogP contribution in [0.5, 0.6) is 0 Å². The lowest BCUT2D eigenvalue weighted by atomic mass is 10.1. The van der Waals surface area contributed by atoms with Gasteiger partial charge < -0.3 is 9.88 Å². The average Bonchev–Trinajstić information content (AvgIpc) is 2.65. The smallest absolute Gasteiger partial charge is 0.123 e. The molecule has 0 aromatic carbocycles. The van der Waals surface area contributed by atoms with E-state index >= 15 is 0 Å². The first-order valence-corrected chi connectivity index (χ1v) is 6.55. The zero-order valence-corrected chi connectivity index (χ0v) is 11.7. The van der Waals surface area contributed by atoms with Crippen LogP contribution in [-0.4, -0.2) is 20.1 Å². The number of fused-ring (bicyclic) bond motifs is 1. The largest absolute Gasteiger partial charge is 0.327 e. The van der Waals surface area contributed by atoms with Crippen molar-refractivity contribution in [2.24, 2.45) is 0 Å². The third-order valence-corrected chi connectivity index (χ3v) is 2.85. The third-order valence-electron chi connectivity index (χ3n) is 2.85. The Balaban J connectivity index is 2.33. The second-order valence-corrected chi connectivity index (χ2v) is 5.65. The molecule has 0 aliphatic rings. The molecule has 0 atom stereocenters. The fraction of sp³-hybridized carbons (Fsp3) is 0.571. The Labute approximate surface area is 108 Å². The molecule has 4 heteroatoms. The van der Waals surface area contributed by atoms with Crippen molar-refractivity contribution in [2.45, 2.75) is 52.7 Å². The highest BCUT2D eigenvalue weighted by Crippen LogP contribution is 2.16. The van der Waals surface area contributed by atoms with Crippen LogP contribution in [0, 0.1) is 0 Å². The second-order valence-electron chi connectivity index (χ2n) is 5.65. The Hall–Kier alpha value is -1.42. The van der Waals surface area contributed by atoms with Crippen molar-refractivity contribution in [1.82, 2.24) is 19.9 Å². The van der Waals surface area contributed by atoms with Gasteiger partial charge in [0.15, 0.2) is 0 Å². The Morgan fingerprint density at radius 1 is 1.33 bits per heavy atom. The Kier molecular flexibility index (Phi) is 3.66. The maximum absolute atomic E-state index is 4.67. The van der Waals surface area contributed by atoms with Gasteiger partial charge in [-0.2, -0.15) is 0 Å². The van der Waals surface area contributed by atoms with Crippen LogP contribution in [-0.2, 0) is 13.1 Å². The molecule has 0 spiro atoms. The number of nitrogens with zero attached hydrogens (tertiary/aromatic N) is 3. The molecule has 1 N–H and O–H groups in total. The zero-order valence-electron chi connectivity index (χ0n) is 11.7. The Morgan fingerprint density at radius 2 is 2.11 bits per heavy atom. The molecule has 0 aliphatic heterocycles. The average molecular weight is 246 g/mol. The van der Waals surface area contributed by atoms with E-state index in [9.17, 15) is 0 Å². The lowest BCUT2D eigenvalue weighted by Gasteiger charge is -2.20. The van der Waals surface area contributed by atoms with Gasteiger partial charge in [-0.25, -0.2) is 4.98 Å². The lowest BCUT2D eigenvalue weighted by molar-refractivity contribution is 0.412. The van der Waals surface area contributed by atoms with Crippen LogP contribution in [0.25, 0.3) is 11.0 Å². The van der Waals surface area contributed by atoms with Crippen LogP contribution < -0.4 is 5.32 Å². The molecule has 0 fully saturated rings. The summed E-state index contributed by atoms with van der Waals surface area (Å²) in [6, 6.07) is 2.04. The van der Waals surface area contributed by atoms with Crippen molar-refractivity contribution in [3.05, 3.63) is 24.3 Å². The molecule has 0 unspecified atom stereocenters. The number of hydrogen-bond donors (Lipinski definition) is 1. The molecule has 0 bridgehead atoms. The minimum absolute atomic E-state index is 0.105. The first kappa shape index (κ1) is 13.0. The summed E-state index contributed by atoms with van der Waals surface area (Å²) < 4.78 is 2.29. The quantitative estimate of drug-likeness (QED) is 0.902. The van der Waals surface area contributed by atoms with E-state index < -0.39 is 0 Å². The minimum atomic E-state index is 0.105. The number of aryl methyl sites for hydroxylation is 1. The summed E-state index contributed by atoms with van der Waals surface area (Å²) in [5, 5.41) is 3.49. The number of pyridine rings is 1. The van der Waals surface area contributed by atoms with E-state index in [4.69, 9.17) is 0 Å². The van der Waals surface area contributed by atoms with Gasteiger partial charge in [0, 0.05) is 18.3 Å². The van der Waals surface area contributed by atoms with Gasteiger partial charge in [0.1, 0.15) is 11.3 Å². The van der Waals surface area contributed by atoms with Crippen molar-refractivity contribution in [2.75, 3.05) is 0 Å². The fourth-order valence-corrected chi connectivity index (χ4v) is 1.98. The molecular weight excluding hydrogens is 224 g/mol. The molecule has 98 valence electrons. The molecule has 2 rings (SSSR count). The fourth-order valence-electron chi connectivity index (χ4n) is 1.98. The summed E-state index contributed by atoms with van der Waals surface area (Å²) in [5.74, 6) is 1.09. The number of aromatic nitrogens is 3. The van der Waals surface area contributed by atoms with Crippen LogP contribution in [0.4, 0.5) is 0 Å². The monoisotopic (exact) mass is 246 g/mol. The lowest BCUT2D eigenvalue weighted by Crippen LogP contribution is -2.35. The van der Waals surface area contributed by atoms with E-state index in [1.54, 1.807) is 0 Å². The van der Waals surface area contributed by atoms with Crippen molar-refractivity contribution in [3.8, 4) is 0 Å². The molecule has 18 heavy (non-hydrogen) atoms. The summed E-state index contributed by atoms with van der Waals surface area (Å²) in [6.07, 6.45) is 4.77. The van der Waals surface area contributed by atoms with Crippen LogP contribution in [0.1, 0.15) is 39.9 Å². The number of rotatable bonds is 4. The van der Waals surface area contributed by atoms with E-state index in [0.717, 1.165) is 30.9 Å². The van der Waals surface area contributed by atoms with E-state index in [-0.39, 0.29) is 5.54 Å². The van der Waals surface area contributed by atoms with Gasteiger partial charge >= 0.3 is 0 Å². The molecule has 0 amide bonds. The summed E-state index contributed by atoms with van der Waals surface area (Å²) in [6.45, 7) is 10.5. The highest BCUT2D eigenvalue weighted by Gasteiger charge is 2.13. The number of imidazole rings is 1. The predicted molar refractivity (Wildman–Crippen MR) is 74.4 cm³/mol. The van der Waals surface area contributed by atoms with Gasteiger partial charge in [-0.1, -0.05) is 6.92 Å². The molecule has 2 heterocycles. The number of hydrogen-bond acceptors (Lipinski definition) is 3. The standard InChI is InChI=1S/C14H22N4/c1-5-8-18-12-6-7-15-9-11(12)17-13(18)10-16-14(2,3)4/h6-7,9,16H,5,8,10H2,1-4H3. The molecule has 0 aliphatic carbocycles. The van der Waals surface area contributed by atoms with Gasteiger partial charge in [-0.05, 0) is 33.3 Å². The summed E-state index contributed by atoms with van der Waals surface area (Å²) >= 11 is 0. The van der Waals surface area contributed by atoms with Crippen molar-refractivity contribution >= 4 is 11.0 Å². The third kappa shape index (κ3) is 2.88. The van der Waals surface area contributed by atoms with Gasteiger partial charge in [-0.15, -0.1) is 0 Å². The molecule has 2 aromatic rings. The molecule has 0 radical (unpaired) electrons. The van der Waals surface area contributed by atoms with E-state index in [0.29, 0.717) is 0 Å². The van der Waals surface area contributed by atoms with Crippen LogP contribution in [0.15, 0.2) is 18.5 Å². The van der Waals surface area contributed by atoms with Crippen molar-refractivity contribution < 1.29 is 0 Å². The minimum Gasteiger partial charge on any atom is -0.327 e. The van der Waals surface area contributed by atoms with Gasteiger partial charge in [0.2, 0.25) is 0 Å². The van der Waals surface area contributed by atoms with E-state index in [2.05, 4.69) is 47.5 Å². The Morgan fingerprint density at radius 3 is 2.78 bits per heavy atom. The van der Waals surface area contributed by atoms with Crippen LogP contribution >= 0.6 is 0 Å². The normalized spacial score (nSPS) is 12.2. The number of nitrogens with one attached hydrogen (secondary N) is 1. The topological polar surface area (TPSA) is 42.7 Å². The van der Waals surface area contributed by atoms with Crippen molar-refractivity contribution in [3.63, 3.8) is 0 Å². The molecule has 2 aromatic heterocycles. The highest BCUT2D eigenvalue weighted by molar-refractivity contribution is 5.74. The van der Waals surface area contributed by atoms with Crippen LogP contribution in [0.2, 0.25) is 0 Å². The summed E-state index contributed by atoms with van der Waals surface area (Å²) in [5.41, 5.74) is 2.27. The molecule has 0 saturated heterocycles. The first-order valence-electron chi connectivity index (χ1n) is 6.55. The summed E-state index contributed by atoms with van der Waals surface area (Å²) in [7, 11) is 0. The molecule has 0 saturated carbocycles. The van der Waals surface area contributed by atoms with E-state index in [1.165, 1.54) is 5.52 Å². The Bertz CT molecular complexity index is 522. The van der Waals surface area contributed by atoms with E-state index in [1.807, 2.05) is 18.5 Å². The van der Waals surface area contributed by atoms with Gasteiger partial charge in [0.05, 0.1) is 18.3 Å². The first-order chi connectivity index (χ1) is 8.51. The SMILES string of the molecule is CCCn1c(CNC(C)(C)C)nc2cnccc21. The maximum atomic E-state index is 4.67. The predicted octanol–water partition coefficient (Wildman–Crippen LogP) is 2.73. The second kappa shape index (κ2) is 5.06. The maximum Gasteiger partial charge on any atom is 0.123 e. The summed E-state index contributed by atoms with van der Waals surface area (Å²) in [4.78, 5) is 8.81.